The van der Waals surface area contributed by atoms with Gasteiger partial charge in [-0.05, 0) is 31.2 Å². The van der Waals surface area contributed by atoms with Crippen LogP contribution in [-0.4, -0.2) is 20.6 Å². The molecule has 0 aliphatic carbocycles. The average molecular weight is 256 g/mol. The molecule has 0 spiro atoms. The van der Waals surface area contributed by atoms with Crippen molar-refractivity contribution in [2.75, 3.05) is 0 Å². The zero-order chi connectivity index (χ0) is 13.4. The number of carbonyl (C=O) groups is 1. The van der Waals surface area contributed by atoms with Gasteiger partial charge in [-0.3, -0.25) is 0 Å². The molecule has 0 fully saturated rings. The predicted octanol–water partition coefficient (Wildman–Crippen LogP) is 2.68. The molecule has 0 amide bonds. The molecule has 0 radical (unpaired) electrons. The Morgan fingerprint density at radius 2 is 2.21 bits per heavy atom. The number of rotatable bonds is 3. The summed E-state index contributed by atoms with van der Waals surface area (Å²) >= 11 is 0. The maximum Gasteiger partial charge on any atom is 0.337 e. The summed E-state index contributed by atoms with van der Waals surface area (Å²) < 4.78 is 7.30. The van der Waals surface area contributed by atoms with E-state index in [2.05, 4.69) is 4.98 Å². The van der Waals surface area contributed by atoms with Gasteiger partial charge in [-0.2, -0.15) is 0 Å². The Morgan fingerprint density at radius 3 is 2.89 bits per heavy atom. The minimum absolute atomic E-state index is 0.248. The third-order valence-electron chi connectivity index (χ3n) is 2.99. The molecule has 0 unspecified atom stereocenters. The first-order chi connectivity index (χ1) is 9.15. The highest BCUT2D eigenvalue weighted by molar-refractivity contribution is 6.01. The molecule has 1 N–H and O–H groups in total. The number of imidazole rings is 1. The highest BCUT2D eigenvalue weighted by Gasteiger charge is 2.14. The smallest absolute Gasteiger partial charge is 0.337 e. The molecule has 0 saturated heterocycles. The Balaban J connectivity index is 2.11. The molecular formula is C14H12N2O3. The number of aryl methyl sites for hydroxylation is 1. The lowest BCUT2D eigenvalue weighted by molar-refractivity contribution is 0.0698. The van der Waals surface area contributed by atoms with Crippen LogP contribution in [0.25, 0.3) is 11.0 Å². The topological polar surface area (TPSA) is 68.3 Å². The third-order valence-corrected chi connectivity index (χ3v) is 2.99. The lowest BCUT2D eigenvalue weighted by Crippen LogP contribution is -2.03. The van der Waals surface area contributed by atoms with Crippen LogP contribution in [0, 0.1) is 6.92 Å². The summed E-state index contributed by atoms with van der Waals surface area (Å²) in [6, 6.07) is 8.83. The maximum absolute atomic E-state index is 11.3. The van der Waals surface area contributed by atoms with Gasteiger partial charge in [0.25, 0.3) is 0 Å². The number of hydrogen-bond donors (Lipinski definition) is 1. The van der Waals surface area contributed by atoms with Crippen LogP contribution in [0.2, 0.25) is 0 Å². The van der Waals surface area contributed by atoms with Gasteiger partial charge in [0.15, 0.2) is 0 Å². The second kappa shape index (κ2) is 4.28. The van der Waals surface area contributed by atoms with E-state index < -0.39 is 5.97 Å². The number of para-hydroxylation sites is 1. The third kappa shape index (κ3) is 1.99. The lowest BCUT2D eigenvalue weighted by atomic mass is 10.2. The van der Waals surface area contributed by atoms with Gasteiger partial charge in [-0.1, -0.05) is 6.07 Å². The van der Waals surface area contributed by atoms with Crippen LogP contribution in [0.4, 0.5) is 0 Å². The summed E-state index contributed by atoms with van der Waals surface area (Å²) in [5.74, 6) is 0.651. The Labute approximate surface area is 109 Å². The van der Waals surface area contributed by atoms with E-state index in [1.54, 1.807) is 29.1 Å². The number of carboxylic acids is 1. The molecule has 2 heterocycles. The fourth-order valence-corrected chi connectivity index (χ4v) is 2.16. The van der Waals surface area contributed by atoms with Gasteiger partial charge in [0.2, 0.25) is 0 Å². The fraction of sp³-hybridized carbons (Fsp3) is 0.143. The highest BCUT2D eigenvalue weighted by Crippen LogP contribution is 2.20. The first-order valence-corrected chi connectivity index (χ1v) is 5.87. The average Bonchev–Trinajstić information content (AvgIpc) is 2.97. The highest BCUT2D eigenvalue weighted by atomic mass is 16.4. The van der Waals surface area contributed by atoms with Gasteiger partial charge in [0.05, 0.1) is 29.5 Å². The van der Waals surface area contributed by atoms with E-state index in [9.17, 15) is 9.90 Å². The molecule has 0 aliphatic rings. The van der Waals surface area contributed by atoms with E-state index in [0.717, 1.165) is 11.5 Å². The zero-order valence-corrected chi connectivity index (χ0v) is 10.3. The molecule has 3 aromatic rings. The minimum atomic E-state index is -0.956. The molecule has 2 aromatic heterocycles. The number of carboxylic acid groups (broad SMARTS) is 1. The van der Waals surface area contributed by atoms with Crippen molar-refractivity contribution >= 4 is 17.0 Å². The van der Waals surface area contributed by atoms with Crippen LogP contribution in [0.15, 0.2) is 41.1 Å². The van der Waals surface area contributed by atoms with Crippen LogP contribution in [0.1, 0.15) is 21.9 Å². The van der Waals surface area contributed by atoms with Crippen LogP contribution < -0.4 is 0 Å². The van der Waals surface area contributed by atoms with Crippen molar-refractivity contribution in [3.8, 4) is 0 Å². The standard InChI is InChI=1S/C14H12N2O3/c1-9-5-6-10(19-9)7-16-8-15-12-4-2-3-11(13(12)16)14(17)18/h2-6,8H,7H2,1H3,(H,17,18). The normalized spacial score (nSPS) is 11.0. The largest absolute Gasteiger partial charge is 0.478 e. The van der Waals surface area contributed by atoms with Crippen LogP contribution in [0.3, 0.4) is 0 Å². The van der Waals surface area contributed by atoms with E-state index >= 15 is 0 Å². The number of nitrogens with zero attached hydrogens (tertiary/aromatic N) is 2. The van der Waals surface area contributed by atoms with E-state index in [0.29, 0.717) is 17.6 Å². The summed E-state index contributed by atoms with van der Waals surface area (Å²) in [6.07, 6.45) is 1.63. The summed E-state index contributed by atoms with van der Waals surface area (Å²) in [7, 11) is 0. The van der Waals surface area contributed by atoms with Crippen molar-refractivity contribution in [1.82, 2.24) is 9.55 Å². The number of hydrogen-bond acceptors (Lipinski definition) is 3. The molecule has 0 bridgehead atoms. The van der Waals surface area contributed by atoms with Crippen molar-refractivity contribution < 1.29 is 14.3 Å². The Bertz CT molecular complexity index is 755. The Hall–Kier alpha value is -2.56. The second-order valence-corrected chi connectivity index (χ2v) is 4.36. The fourth-order valence-electron chi connectivity index (χ4n) is 2.16. The molecule has 0 saturated carbocycles. The van der Waals surface area contributed by atoms with Crippen LogP contribution in [-0.2, 0) is 6.54 Å². The van der Waals surface area contributed by atoms with Crippen molar-refractivity contribution in [3.05, 3.63) is 53.7 Å². The summed E-state index contributed by atoms with van der Waals surface area (Å²) in [6.45, 7) is 2.34. The predicted molar refractivity (Wildman–Crippen MR) is 69.2 cm³/mol. The Morgan fingerprint density at radius 1 is 1.37 bits per heavy atom. The zero-order valence-electron chi connectivity index (χ0n) is 10.3. The van der Waals surface area contributed by atoms with Crippen molar-refractivity contribution in [3.63, 3.8) is 0 Å². The van der Waals surface area contributed by atoms with E-state index in [4.69, 9.17) is 4.42 Å². The van der Waals surface area contributed by atoms with Crippen molar-refractivity contribution in [1.29, 1.82) is 0 Å². The van der Waals surface area contributed by atoms with Gasteiger partial charge in [0, 0.05) is 0 Å². The molecule has 5 nitrogen and oxygen atoms in total. The number of benzene rings is 1. The summed E-state index contributed by atoms with van der Waals surface area (Å²) in [4.78, 5) is 15.5. The molecule has 5 heteroatoms. The van der Waals surface area contributed by atoms with Crippen LogP contribution >= 0.6 is 0 Å². The number of aromatic nitrogens is 2. The quantitative estimate of drug-likeness (QED) is 0.782. The van der Waals surface area contributed by atoms with Gasteiger partial charge in [-0.25, -0.2) is 9.78 Å². The molecule has 0 aliphatic heterocycles. The van der Waals surface area contributed by atoms with Crippen molar-refractivity contribution in [2.45, 2.75) is 13.5 Å². The van der Waals surface area contributed by atoms with Gasteiger partial charge in [0.1, 0.15) is 11.5 Å². The number of aromatic carboxylic acids is 1. The van der Waals surface area contributed by atoms with Gasteiger partial charge >= 0.3 is 5.97 Å². The summed E-state index contributed by atoms with van der Waals surface area (Å²) in [5, 5.41) is 9.23. The second-order valence-electron chi connectivity index (χ2n) is 4.36. The SMILES string of the molecule is Cc1ccc(Cn2cnc3cccc(C(=O)O)c32)o1. The van der Waals surface area contributed by atoms with Gasteiger partial charge < -0.3 is 14.1 Å². The lowest BCUT2D eigenvalue weighted by Gasteiger charge is -2.04. The first-order valence-electron chi connectivity index (χ1n) is 5.87. The maximum atomic E-state index is 11.3. The molecule has 96 valence electrons. The van der Waals surface area contributed by atoms with Gasteiger partial charge in [-0.15, -0.1) is 0 Å². The number of furan rings is 1. The summed E-state index contributed by atoms with van der Waals surface area (Å²) in [5.41, 5.74) is 1.53. The van der Waals surface area contributed by atoms with Crippen LogP contribution in [0.5, 0.6) is 0 Å². The minimum Gasteiger partial charge on any atom is -0.478 e. The molecule has 3 rings (SSSR count). The van der Waals surface area contributed by atoms with Crippen molar-refractivity contribution in [2.24, 2.45) is 0 Å². The van der Waals surface area contributed by atoms with E-state index in [1.165, 1.54) is 0 Å². The van der Waals surface area contributed by atoms with E-state index in [-0.39, 0.29) is 5.56 Å². The first kappa shape index (κ1) is 11.5. The monoisotopic (exact) mass is 256 g/mol. The molecular weight excluding hydrogens is 244 g/mol. The van der Waals surface area contributed by atoms with E-state index in [1.807, 2.05) is 19.1 Å². The molecule has 19 heavy (non-hydrogen) atoms. The molecule has 0 atom stereocenters. The number of fused-ring (bicyclic) bond motifs is 1. The Kier molecular flexibility index (Phi) is 2.59. The molecule has 1 aromatic carbocycles.